The van der Waals surface area contributed by atoms with Crippen LogP contribution in [-0.2, 0) is 6.42 Å². The first-order chi connectivity index (χ1) is 10.0. The maximum Gasteiger partial charge on any atom is 0.170 e. The van der Waals surface area contributed by atoms with E-state index in [1.54, 1.807) is 24.3 Å². The van der Waals surface area contributed by atoms with E-state index in [0.717, 1.165) is 11.6 Å². The summed E-state index contributed by atoms with van der Waals surface area (Å²) in [6.45, 7) is 0. The van der Waals surface area contributed by atoms with E-state index >= 15 is 0 Å². The van der Waals surface area contributed by atoms with Gasteiger partial charge in [-0.1, -0.05) is 23.7 Å². The Morgan fingerprint density at radius 3 is 2.43 bits per heavy atom. The van der Waals surface area contributed by atoms with Gasteiger partial charge in [-0.25, -0.2) is 4.39 Å². The molecule has 0 saturated carbocycles. The summed E-state index contributed by atoms with van der Waals surface area (Å²) in [5, 5.41) is 0.535. The van der Waals surface area contributed by atoms with Gasteiger partial charge in [-0.05, 0) is 23.8 Å². The largest absolute Gasteiger partial charge is 0.493 e. The summed E-state index contributed by atoms with van der Waals surface area (Å²) in [5.74, 6) is -0.432. The van der Waals surface area contributed by atoms with Gasteiger partial charge in [0.2, 0.25) is 0 Å². The molecule has 21 heavy (non-hydrogen) atoms. The number of carbonyl (C=O) groups excluding carboxylic acids is 1. The summed E-state index contributed by atoms with van der Waals surface area (Å²) in [7, 11) is 2.84. The third-order valence-corrected chi connectivity index (χ3v) is 3.26. The number of ether oxygens (including phenoxy) is 2. The quantitative estimate of drug-likeness (QED) is 0.785. The molecule has 0 aliphatic carbocycles. The molecule has 2 rings (SSSR count). The predicted molar refractivity (Wildman–Crippen MR) is 79.0 cm³/mol. The monoisotopic (exact) mass is 308 g/mol. The van der Waals surface area contributed by atoms with Gasteiger partial charge in [0, 0.05) is 17.5 Å². The minimum Gasteiger partial charge on any atom is -0.493 e. The van der Waals surface area contributed by atoms with Gasteiger partial charge in [0.25, 0.3) is 0 Å². The van der Waals surface area contributed by atoms with E-state index in [0.29, 0.717) is 10.8 Å². The maximum atomic E-state index is 14.0. The van der Waals surface area contributed by atoms with Gasteiger partial charge in [0.05, 0.1) is 19.8 Å². The Labute approximate surface area is 127 Å². The molecule has 0 saturated heterocycles. The topological polar surface area (TPSA) is 35.5 Å². The minimum absolute atomic E-state index is 0.0346. The number of benzene rings is 2. The van der Waals surface area contributed by atoms with Crippen molar-refractivity contribution in [2.45, 2.75) is 6.42 Å². The normalized spacial score (nSPS) is 10.3. The predicted octanol–water partition coefficient (Wildman–Crippen LogP) is 3.92. The van der Waals surface area contributed by atoms with Crippen LogP contribution in [0.1, 0.15) is 15.9 Å². The van der Waals surface area contributed by atoms with Crippen LogP contribution in [0.2, 0.25) is 5.02 Å². The lowest BCUT2D eigenvalue weighted by Crippen LogP contribution is -2.07. The minimum atomic E-state index is -0.639. The first-order valence-electron chi connectivity index (χ1n) is 6.24. The number of ketones is 1. The number of carbonyl (C=O) groups is 1. The highest BCUT2D eigenvalue weighted by molar-refractivity contribution is 6.30. The summed E-state index contributed by atoms with van der Waals surface area (Å²) in [6, 6.07) is 9.40. The van der Waals surface area contributed by atoms with Crippen molar-refractivity contribution in [1.29, 1.82) is 0 Å². The lowest BCUT2D eigenvalue weighted by atomic mass is 10.0. The van der Waals surface area contributed by atoms with E-state index in [1.165, 1.54) is 20.3 Å². The molecule has 0 aliphatic heterocycles. The summed E-state index contributed by atoms with van der Waals surface area (Å²) >= 11 is 5.87. The molecule has 0 heterocycles. The maximum absolute atomic E-state index is 14.0. The highest BCUT2D eigenvalue weighted by Crippen LogP contribution is 2.30. The highest BCUT2D eigenvalue weighted by Gasteiger charge is 2.17. The van der Waals surface area contributed by atoms with Gasteiger partial charge >= 0.3 is 0 Å². The van der Waals surface area contributed by atoms with Crippen molar-refractivity contribution in [3.8, 4) is 11.5 Å². The fraction of sp³-hybridized carbons (Fsp3) is 0.188. The molecule has 0 aromatic heterocycles. The molecule has 0 aliphatic rings. The van der Waals surface area contributed by atoms with Gasteiger partial charge in [0.15, 0.2) is 17.3 Å². The zero-order valence-corrected chi connectivity index (χ0v) is 12.4. The molecule has 2 aromatic carbocycles. The third-order valence-electron chi connectivity index (χ3n) is 3.03. The molecular formula is C16H14ClFO3. The van der Waals surface area contributed by atoms with Crippen LogP contribution in [0.3, 0.4) is 0 Å². The van der Waals surface area contributed by atoms with Gasteiger partial charge in [-0.3, -0.25) is 4.79 Å². The number of hydrogen-bond acceptors (Lipinski definition) is 3. The van der Waals surface area contributed by atoms with Crippen molar-refractivity contribution in [2.75, 3.05) is 14.2 Å². The van der Waals surface area contributed by atoms with Gasteiger partial charge in [-0.2, -0.15) is 0 Å². The molecule has 5 heteroatoms. The Kier molecular flexibility index (Phi) is 4.81. The van der Waals surface area contributed by atoms with Crippen molar-refractivity contribution in [3.63, 3.8) is 0 Å². The molecule has 0 atom stereocenters. The SMILES string of the molecule is COc1cc(F)c(C(=O)Cc2cccc(Cl)c2)cc1OC. The summed E-state index contributed by atoms with van der Waals surface area (Å²) in [6.07, 6.45) is 0.0625. The van der Waals surface area contributed by atoms with Crippen LogP contribution in [0.15, 0.2) is 36.4 Å². The summed E-state index contributed by atoms with van der Waals surface area (Å²) < 4.78 is 24.1. The van der Waals surface area contributed by atoms with Crippen LogP contribution < -0.4 is 9.47 Å². The lowest BCUT2D eigenvalue weighted by Gasteiger charge is -2.10. The lowest BCUT2D eigenvalue weighted by molar-refractivity contribution is 0.0988. The van der Waals surface area contributed by atoms with Crippen molar-refractivity contribution < 1.29 is 18.7 Å². The number of hydrogen-bond donors (Lipinski definition) is 0. The molecule has 3 nitrogen and oxygen atoms in total. The molecule has 0 N–H and O–H groups in total. The van der Waals surface area contributed by atoms with Gasteiger partial charge in [-0.15, -0.1) is 0 Å². The molecule has 0 spiro atoms. The first-order valence-corrected chi connectivity index (χ1v) is 6.62. The smallest absolute Gasteiger partial charge is 0.170 e. The average molecular weight is 309 g/mol. The summed E-state index contributed by atoms with van der Waals surface area (Å²) in [4.78, 5) is 12.2. The molecule has 0 amide bonds. The van der Waals surface area contributed by atoms with Gasteiger partial charge in [0.1, 0.15) is 5.82 Å². The standard InChI is InChI=1S/C16H14ClFO3/c1-20-15-8-12(13(18)9-16(15)21-2)14(19)7-10-4-3-5-11(17)6-10/h3-6,8-9H,7H2,1-2H3. The van der Waals surface area contributed by atoms with Gasteiger partial charge < -0.3 is 9.47 Å². The average Bonchev–Trinajstić information content (AvgIpc) is 2.46. The van der Waals surface area contributed by atoms with Crippen LogP contribution >= 0.6 is 11.6 Å². The Morgan fingerprint density at radius 2 is 1.81 bits per heavy atom. The van der Waals surface area contributed by atoms with Crippen molar-refractivity contribution in [3.05, 3.63) is 58.4 Å². The second kappa shape index (κ2) is 6.59. The second-order valence-corrected chi connectivity index (χ2v) is 4.85. The Balaban J connectivity index is 2.31. The summed E-state index contributed by atoms with van der Waals surface area (Å²) in [5.41, 5.74) is 0.689. The Morgan fingerprint density at radius 1 is 1.14 bits per heavy atom. The molecule has 0 bridgehead atoms. The van der Waals surface area contributed by atoms with Crippen molar-refractivity contribution in [2.24, 2.45) is 0 Å². The second-order valence-electron chi connectivity index (χ2n) is 4.42. The molecule has 110 valence electrons. The number of Topliss-reactive ketones (excluding diaryl/α,β-unsaturated/α-hetero) is 1. The van der Waals surface area contributed by atoms with Crippen molar-refractivity contribution in [1.82, 2.24) is 0 Å². The molecule has 2 aromatic rings. The number of rotatable bonds is 5. The zero-order valence-electron chi connectivity index (χ0n) is 11.7. The zero-order chi connectivity index (χ0) is 15.4. The van der Waals surface area contributed by atoms with Crippen LogP contribution in [0.25, 0.3) is 0 Å². The fourth-order valence-electron chi connectivity index (χ4n) is 2.00. The van der Waals surface area contributed by atoms with E-state index in [2.05, 4.69) is 0 Å². The van der Waals surface area contributed by atoms with E-state index in [4.69, 9.17) is 21.1 Å². The van der Waals surface area contributed by atoms with Crippen LogP contribution in [0, 0.1) is 5.82 Å². The van der Waals surface area contributed by atoms with E-state index in [9.17, 15) is 9.18 Å². The highest BCUT2D eigenvalue weighted by atomic mass is 35.5. The van der Waals surface area contributed by atoms with E-state index in [1.807, 2.05) is 0 Å². The molecule has 0 unspecified atom stereocenters. The first kappa shape index (κ1) is 15.3. The van der Waals surface area contributed by atoms with Crippen LogP contribution in [0.4, 0.5) is 4.39 Å². The van der Waals surface area contributed by atoms with E-state index in [-0.39, 0.29) is 23.5 Å². The Bertz CT molecular complexity index is 671. The molecular weight excluding hydrogens is 295 g/mol. The fourth-order valence-corrected chi connectivity index (χ4v) is 2.21. The van der Waals surface area contributed by atoms with Crippen LogP contribution in [0.5, 0.6) is 11.5 Å². The van der Waals surface area contributed by atoms with Crippen molar-refractivity contribution >= 4 is 17.4 Å². The molecule has 0 fully saturated rings. The molecule has 0 radical (unpaired) electrons. The number of halogens is 2. The Hall–Kier alpha value is -2.07. The van der Waals surface area contributed by atoms with Crippen LogP contribution in [-0.4, -0.2) is 20.0 Å². The third kappa shape index (κ3) is 3.52. The number of methoxy groups -OCH3 is 2. The van der Waals surface area contributed by atoms with E-state index < -0.39 is 5.82 Å².